The van der Waals surface area contributed by atoms with Crippen LogP contribution in [0.4, 0.5) is 34.7 Å². The first-order valence-corrected chi connectivity index (χ1v) is 12.4. The maximum atomic E-state index is 9.92. The van der Waals surface area contributed by atoms with Gasteiger partial charge in [0.2, 0.25) is 0 Å². The molecule has 96 valence electrons. The van der Waals surface area contributed by atoms with E-state index in [4.69, 9.17) is 0 Å². The van der Waals surface area contributed by atoms with Crippen LogP contribution in [0, 0.1) is 0 Å². The summed E-state index contributed by atoms with van der Waals surface area (Å²) in [5, 5.41) is 0. The summed E-state index contributed by atoms with van der Waals surface area (Å²) < 4.78 is 119. The normalized spacial score (nSPS) is 23.1. The Kier molecular flexibility index (Phi) is 2.89. The fraction of sp³-hybridized carbons (Fsp3) is 0. The van der Waals surface area contributed by atoms with Crippen molar-refractivity contribution in [2.75, 3.05) is 0 Å². The van der Waals surface area contributed by atoms with E-state index < -0.39 is 37.7 Å². The van der Waals surface area contributed by atoms with Crippen LogP contribution in [0.2, 0.25) is 0 Å². The second kappa shape index (κ2) is 2.36. The van der Waals surface area contributed by atoms with Gasteiger partial charge < -0.3 is 0 Å². The van der Waals surface area contributed by atoms with Crippen molar-refractivity contribution in [1.82, 2.24) is 0 Å². The van der Waals surface area contributed by atoms with Crippen LogP contribution in [0.5, 0.6) is 0 Å². The molecule has 0 nitrogen and oxygen atoms in total. The van der Waals surface area contributed by atoms with Crippen LogP contribution in [0.25, 0.3) is 0 Å². The summed E-state index contributed by atoms with van der Waals surface area (Å²) in [5.74, 6) is 0. The zero-order chi connectivity index (χ0) is 12.8. The Morgan fingerprint density at radius 1 is 0.286 bits per heavy atom. The van der Waals surface area contributed by atoms with Gasteiger partial charge in [-0.05, 0) is 0 Å². The van der Waals surface area contributed by atoms with E-state index in [1.165, 1.54) is 0 Å². The summed E-state index contributed by atoms with van der Waals surface area (Å²) in [4.78, 5) is 0. The molecule has 0 fully saturated rings. The van der Waals surface area contributed by atoms with Gasteiger partial charge >= 0.3 is 72.4 Å². The summed E-state index contributed by atoms with van der Waals surface area (Å²) in [6, 6.07) is 0. The second-order valence-corrected chi connectivity index (χ2v) is 11.7. The summed E-state index contributed by atoms with van der Waals surface area (Å²) in [5.41, 5.74) is 0. The predicted molar refractivity (Wildman–Crippen MR) is 24.8 cm³/mol. The van der Waals surface area contributed by atoms with Crippen molar-refractivity contribution in [3.05, 3.63) is 0 Å². The van der Waals surface area contributed by atoms with E-state index >= 15 is 0 Å². The molecule has 0 aromatic rings. The minimum atomic E-state index is -11.2. The van der Waals surface area contributed by atoms with Gasteiger partial charge in [0.15, 0.2) is 0 Å². The van der Waals surface area contributed by atoms with Gasteiger partial charge in [-0.15, -0.1) is 0 Å². The third kappa shape index (κ3) is 3210. The van der Waals surface area contributed by atoms with Crippen molar-refractivity contribution < 1.29 is 34.7 Å². The Balaban J connectivity index is 0. The number of hydrogen-bond donors (Lipinski definition) is 0. The molecular formula is F12Te2. The number of rotatable bonds is 0. The van der Waals surface area contributed by atoms with E-state index in [1.807, 2.05) is 0 Å². The molecule has 0 unspecified atom stereocenters. The molecule has 0 saturated heterocycles. The van der Waals surface area contributed by atoms with Crippen LogP contribution in [0.3, 0.4) is 0 Å². The van der Waals surface area contributed by atoms with Crippen molar-refractivity contribution in [3.8, 4) is 0 Å². The van der Waals surface area contributed by atoms with Crippen molar-refractivity contribution in [3.63, 3.8) is 0 Å². The Labute approximate surface area is 72.4 Å². The molecule has 0 amide bonds. The first kappa shape index (κ1) is 17.1. The van der Waals surface area contributed by atoms with Crippen LogP contribution in [-0.2, 0) is 0 Å². The quantitative estimate of drug-likeness (QED) is 0.357. The van der Waals surface area contributed by atoms with Gasteiger partial charge in [-0.1, -0.05) is 0 Å². The molecule has 0 aromatic carbocycles. The Morgan fingerprint density at radius 2 is 0.286 bits per heavy atom. The topological polar surface area (TPSA) is 0 Å². The molecule has 0 aliphatic carbocycles. The van der Waals surface area contributed by atoms with E-state index in [0.29, 0.717) is 0 Å². The van der Waals surface area contributed by atoms with Gasteiger partial charge in [0.1, 0.15) is 0 Å². The molecule has 0 bridgehead atoms. The summed E-state index contributed by atoms with van der Waals surface area (Å²) >= 11 is -22.4. The Bertz CT molecular complexity index is 155. The number of hydrogen-bond acceptors (Lipinski definition) is 0. The van der Waals surface area contributed by atoms with Gasteiger partial charge in [-0.25, -0.2) is 0 Å². The van der Waals surface area contributed by atoms with Crippen LogP contribution >= 0.6 is 0 Å². The average molecular weight is 483 g/mol. The van der Waals surface area contributed by atoms with Gasteiger partial charge in [0.05, 0.1) is 0 Å². The molecule has 0 aliphatic rings. The molecular weight excluding hydrogens is 483 g/mol. The summed E-state index contributed by atoms with van der Waals surface area (Å²) in [6.45, 7) is 0. The molecule has 0 aliphatic heterocycles. The molecule has 0 N–H and O–H groups in total. The predicted octanol–water partition coefficient (Wildman–Crippen LogP) is 4.28. The van der Waals surface area contributed by atoms with Crippen LogP contribution in [0.1, 0.15) is 0 Å². The number of halogens is 12. The third-order valence-electron chi connectivity index (χ3n) is 0. The van der Waals surface area contributed by atoms with E-state index in [-0.39, 0.29) is 0 Å². The zero-order valence-corrected chi connectivity index (χ0v) is 10.0. The van der Waals surface area contributed by atoms with Crippen molar-refractivity contribution in [2.24, 2.45) is 0 Å². The van der Waals surface area contributed by atoms with E-state index in [0.717, 1.165) is 0 Å². The van der Waals surface area contributed by atoms with E-state index in [1.54, 1.807) is 0 Å². The summed E-state index contributed by atoms with van der Waals surface area (Å²) in [6.07, 6.45) is 0. The standard InChI is InChI=1S/2F6Te/c2*1-7(2,3,4,5)6. The minimum absolute atomic E-state index is 9.92. The second-order valence-electron chi connectivity index (χ2n) is 1.75. The Hall–Kier alpha value is 0.739. The van der Waals surface area contributed by atoms with Crippen molar-refractivity contribution >= 4 is 37.7 Å². The van der Waals surface area contributed by atoms with E-state index in [9.17, 15) is 34.7 Å². The first-order valence-electron chi connectivity index (χ1n) is 1.85. The molecule has 0 atom stereocenters. The fourth-order valence-electron chi connectivity index (χ4n) is 0. The molecule has 14 heavy (non-hydrogen) atoms. The van der Waals surface area contributed by atoms with Gasteiger partial charge in [0.25, 0.3) is 0 Å². The van der Waals surface area contributed by atoms with Gasteiger partial charge in [-0.2, -0.15) is 0 Å². The van der Waals surface area contributed by atoms with Crippen LogP contribution in [-0.4, -0.2) is 37.7 Å². The fourth-order valence-corrected chi connectivity index (χ4v) is 0. The third-order valence-corrected chi connectivity index (χ3v) is 0. The molecule has 14 heteroatoms. The first-order chi connectivity index (χ1) is 4.90. The monoisotopic (exact) mass is 488 g/mol. The van der Waals surface area contributed by atoms with Crippen LogP contribution in [0.15, 0.2) is 0 Å². The molecule has 0 aromatic heterocycles. The Morgan fingerprint density at radius 3 is 0.286 bits per heavy atom. The summed E-state index contributed by atoms with van der Waals surface area (Å²) in [7, 11) is 0. The maximum absolute atomic E-state index is 11.2. The molecule has 0 rings (SSSR count). The van der Waals surface area contributed by atoms with Crippen LogP contribution < -0.4 is 0 Å². The van der Waals surface area contributed by atoms with Gasteiger partial charge in [-0.3, -0.25) is 0 Å². The molecule has 0 spiro atoms. The molecule has 0 heterocycles. The van der Waals surface area contributed by atoms with Crippen molar-refractivity contribution in [1.29, 1.82) is 0 Å². The van der Waals surface area contributed by atoms with E-state index in [2.05, 4.69) is 0 Å². The zero-order valence-electron chi connectivity index (χ0n) is 5.35. The average Bonchev–Trinajstić information content (AvgIpc) is 0.938. The van der Waals surface area contributed by atoms with Gasteiger partial charge in [0, 0.05) is 0 Å². The van der Waals surface area contributed by atoms with Crippen molar-refractivity contribution in [2.45, 2.75) is 0 Å². The molecule has 0 saturated carbocycles. The molecule has 0 radical (unpaired) electrons. The SMILES string of the molecule is F[Te](F)(F)(F)(F)F.F[Te](F)(F)(F)(F)F.